The van der Waals surface area contributed by atoms with Crippen molar-refractivity contribution < 1.29 is 0 Å². The van der Waals surface area contributed by atoms with Gasteiger partial charge in [0.2, 0.25) is 0 Å². The van der Waals surface area contributed by atoms with Crippen molar-refractivity contribution in [2.45, 2.75) is 38.4 Å². The molecule has 1 heterocycles. The molecule has 0 saturated carbocycles. The van der Waals surface area contributed by atoms with Crippen LogP contribution in [0.4, 0.5) is 0 Å². The van der Waals surface area contributed by atoms with Crippen LogP contribution in [0.25, 0.3) is 0 Å². The van der Waals surface area contributed by atoms with Gasteiger partial charge in [0, 0.05) is 23.6 Å². The van der Waals surface area contributed by atoms with Crippen molar-refractivity contribution in [1.82, 2.24) is 4.90 Å². The zero-order valence-corrected chi connectivity index (χ0v) is 11.3. The molecule has 0 amide bonds. The Hall–Kier alpha value is 0.270. The Morgan fingerprint density at radius 1 is 1.40 bits per heavy atom. The van der Waals surface area contributed by atoms with E-state index in [0.29, 0.717) is 10.7 Å². The number of rotatable bonds is 4. The predicted octanol–water partition coefficient (Wildman–Crippen LogP) is 2.19. The minimum Gasteiger partial charge on any atom is -0.330 e. The molecule has 0 radical (unpaired) electrons. The zero-order valence-electron chi connectivity index (χ0n) is 10.5. The summed E-state index contributed by atoms with van der Waals surface area (Å²) >= 11 is 2.11. The minimum atomic E-state index is 0.471. The van der Waals surface area contributed by atoms with Gasteiger partial charge < -0.3 is 10.6 Å². The van der Waals surface area contributed by atoms with Crippen molar-refractivity contribution in [2.75, 3.05) is 31.9 Å². The first-order valence-electron chi connectivity index (χ1n) is 6.14. The zero-order chi connectivity index (χ0) is 11.3. The first-order valence-corrected chi connectivity index (χ1v) is 7.12. The number of hydrogen-bond donors (Lipinski definition) is 1. The molecule has 2 N–H and O–H groups in total. The lowest BCUT2D eigenvalue weighted by atomic mass is 10.1. The first kappa shape index (κ1) is 13.3. The molecule has 1 fully saturated rings. The Morgan fingerprint density at radius 3 is 2.73 bits per heavy atom. The summed E-state index contributed by atoms with van der Waals surface area (Å²) < 4.78 is 0.471. The average Bonchev–Trinajstić information content (AvgIpc) is 2.36. The molecule has 1 unspecified atom stereocenters. The molecule has 0 aromatic rings. The van der Waals surface area contributed by atoms with E-state index in [0.717, 1.165) is 6.54 Å². The van der Waals surface area contributed by atoms with Crippen LogP contribution in [0.3, 0.4) is 0 Å². The van der Waals surface area contributed by atoms with Gasteiger partial charge in [0.25, 0.3) is 0 Å². The maximum atomic E-state index is 5.76. The lowest BCUT2D eigenvalue weighted by Gasteiger charge is -2.25. The van der Waals surface area contributed by atoms with Gasteiger partial charge in [-0.1, -0.05) is 27.2 Å². The number of hydrogen-bond acceptors (Lipinski definition) is 3. The predicted molar refractivity (Wildman–Crippen MR) is 70.4 cm³/mol. The second-order valence-corrected chi connectivity index (χ2v) is 6.97. The van der Waals surface area contributed by atoms with E-state index in [9.17, 15) is 0 Å². The van der Waals surface area contributed by atoms with E-state index >= 15 is 0 Å². The lowest BCUT2D eigenvalue weighted by molar-refractivity contribution is 0.238. The molecule has 1 aliphatic heterocycles. The van der Waals surface area contributed by atoms with Crippen LogP contribution in [0, 0.1) is 5.92 Å². The number of nitrogens with zero attached hydrogens (tertiary/aromatic N) is 1. The molecule has 1 aliphatic rings. The normalized spacial score (nSPS) is 24.8. The highest BCUT2D eigenvalue weighted by molar-refractivity contribution is 8.00. The average molecular weight is 230 g/mol. The summed E-state index contributed by atoms with van der Waals surface area (Å²) in [6.07, 6.45) is 2.52. The molecule has 0 spiro atoms. The number of nitrogens with two attached hydrogens (primary N) is 1. The fourth-order valence-electron chi connectivity index (χ4n) is 1.98. The molecule has 1 rings (SSSR count). The van der Waals surface area contributed by atoms with Crippen LogP contribution < -0.4 is 5.73 Å². The van der Waals surface area contributed by atoms with Gasteiger partial charge in [0.1, 0.15) is 0 Å². The Kier molecular flexibility index (Phi) is 5.44. The van der Waals surface area contributed by atoms with Gasteiger partial charge in [0.05, 0.1) is 0 Å². The maximum Gasteiger partial charge on any atom is 0.0116 e. The van der Waals surface area contributed by atoms with Gasteiger partial charge in [-0.2, -0.15) is 11.8 Å². The molecule has 15 heavy (non-hydrogen) atoms. The highest BCUT2D eigenvalue weighted by atomic mass is 32.2. The van der Waals surface area contributed by atoms with Gasteiger partial charge in [-0.3, -0.25) is 0 Å². The van der Waals surface area contributed by atoms with Gasteiger partial charge in [-0.05, 0) is 25.4 Å². The molecule has 0 aromatic heterocycles. The van der Waals surface area contributed by atoms with Gasteiger partial charge in [-0.15, -0.1) is 0 Å². The second kappa shape index (κ2) is 6.12. The third kappa shape index (κ3) is 4.75. The molecule has 0 aromatic carbocycles. The summed E-state index contributed by atoms with van der Waals surface area (Å²) in [7, 11) is 0. The van der Waals surface area contributed by atoms with E-state index in [1.807, 2.05) is 0 Å². The van der Waals surface area contributed by atoms with E-state index < -0.39 is 0 Å². The highest BCUT2D eigenvalue weighted by Gasteiger charge is 2.24. The Bertz CT molecular complexity index is 178. The fraction of sp³-hybridized carbons (Fsp3) is 1.00. The molecule has 0 bridgehead atoms. The summed E-state index contributed by atoms with van der Waals surface area (Å²) in [4.78, 5) is 2.60. The van der Waals surface area contributed by atoms with Crippen molar-refractivity contribution in [3.05, 3.63) is 0 Å². The van der Waals surface area contributed by atoms with Crippen molar-refractivity contribution in [2.24, 2.45) is 11.7 Å². The molecule has 0 aliphatic carbocycles. The quantitative estimate of drug-likeness (QED) is 0.803. The van der Waals surface area contributed by atoms with Crippen LogP contribution in [-0.4, -0.2) is 41.6 Å². The highest BCUT2D eigenvalue weighted by Crippen LogP contribution is 2.30. The van der Waals surface area contributed by atoms with Gasteiger partial charge in [-0.25, -0.2) is 0 Å². The molecule has 90 valence electrons. The molecule has 1 atom stereocenters. The third-order valence-corrected chi connectivity index (χ3v) is 4.73. The van der Waals surface area contributed by atoms with Crippen molar-refractivity contribution in [3.8, 4) is 0 Å². The summed E-state index contributed by atoms with van der Waals surface area (Å²) in [5, 5.41) is 0. The van der Waals surface area contributed by atoms with Crippen LogP contribution in [0.1, 0.15) is 33.6 Å². The van der Waals surface area contributed by atoms with E-state index in [4.69, 9.17) is 5.73 Å². The van der Waals surface area contributed by atoms with Crippen molar-refractivity contribution >= 4 is 11.8 Å². The monoisotopic (exact) mass is 230 g/mol. The summed E-state index contributed by atoms with van der Waals surface area (Å²) in [5.41, 5.74) is 5.76. The van der Waals surface area contributed by atoms with E-state index in [2.05, 4.69) is 37.4 Å². The SMILES string of the molecule is CCC(CN)CN1CCSC(C)(C)CC1. The summed E-state index contributed by atoms with van der Waals surface area (Å²) in [6, 6.07) is 0. The van der Waals surface area contributed by atoms with Gasteiger partial charge >= 0.3 is 0 Å². The van der Waals surface area contributed by atoms with Crippen LogP contribution in [0.15, 0.2) is 0 Å². The van der Waals surface area contributed by atoms with Crippen molar-refractivity contribution in [1.29, 1.82) is 0 Å². The Balaban J connectivity index is 2.37. The Labute approximate surface area is 99.0 Å². The topological polar surface area (TPSA) is 29.3 Å². The third-order valence-electron chi connectivity index (χ3n) is 3.36. The number of thioether (sulfide) groups is 1. The fourth-order valence-corrected chi connectivity index (χ4v) is 3.12. The van der Waals surface area contributed by atoms with Gasteiger partial charge in [0.15, 0.2) is 0 Å². The van der Waals surface area contributed by atoms with E-state index in [1.54, 1.807) is 0 Å². The Morgan fingerprint density at radius 2 is 2.13 bits per heavy atom. The lowest BCUT2D eigenvalue weighted by Crippen LogP contribution is -2.34. The maximum absolute atomic E-state index is 5.76. The standard InChI is InChI=1S/C12H26N2S/c1-4-11(9-13)10-14-6-5-12(2,3)15-8-7-14/h11H,4-10,13H2,1-3H3. The van der Waals surface area contributed by atoms with E-state index in [1.165, 1.54) is 38.2 Å². The molecular weight excluding hydrogens is 204 g/mol. The second-order valence-electron chi connectivity index (χ2n) is 5.17. The molecule has 2 nitrogen and oxygen atoms in total. The summed E-state index contributed by atoms with van der Waals surface area (Å²) in [5.74, 6) is 1.96. The smallest absolute Gasteiger partial charge is 0.0116 e. The molecular formula is C12H26N2S. The van der Waals surface area contributed by atoms with Crippen LogP contribution in [0.2, 0.25) is 0 Å². The van der Waals surface area contributed by atoms with Crippen LogP contribution in [0.5, 0.6) is 0 Å². The van der Waals surface area contributed by atoms with Crippen molar-refractivity contribution in [3.63, 3.8) is 0 Å². The molecule has 3 heteroatoms. The largest absolute Gasteiger partial charge is 0.330 e. The summed E-state index contributed by atoms with van der Waals surface area (Å²) in [6.45, 7) is 11.5. The molecule has 1 saturated heterocycles. The first-order chi connectivity index (χ1) is 7.07. The van der Waals surface area contributed by atoms with Crippen LogP contribution in [-0.2, 0) is 0 Å². The minimum absolute atomic E-state index is 0.471. The van der Waals surface area contributed by atoms with E-state index in [-0.39, 0.29) is 0 Å². The van der Waals surface area contributed by atoms with Crippen LogP contribution >= 0.6 is 11.8 Å².